The van der Waals surface area contributed by atoms with E-state index in [2.05, 4.69) is 6.07 Å². The monoisotopic (exact) mass is 381 g/mol. The van der Waals surface area contributed by atoms with E-state index >= 15 is 0 Å². The fraction of sp³-hybridized carbons (Fsp3) is 0.150. The molecule has 0 saturated carbocycles. The maximum absolute atomic E-state index is 13.3. The molecule has 2 aliphatic heterocycles. The lowest BCUT2D eigenvalue weighted by molar-refractivity contribution is 0.602. The summed E-state index contributed by atoms with van der Waals surface area (Å²) in [5.41, 5.74) is 8.29. The molecule has 0 saturated heterocycles. The molecule has 0 spiro atoms. The summed E-state index contributed by atoms with van der Waals surface area (Å²) >= 11 is 0. The molecule has 1 unspecified atom stereocenters. The molecule has 0 fully saturated rings. The fourth-order valence-corrected chi connectivity index (χ4v) is 5.57. The number of anilines is 1. The third-order valence-electron chi connectivity index (χ3n) is 4.90. The van der Waals surface area contributed by atoms with E-state index in [1.54, 1.807) is 29.2 Å². The summed E-state index contributed by atoms with van der Waals surface area (Å²) in [5, 5.41) is 9.80. The van der Waals surface area contributed by atoms with Crippen LogP contribution in [-0.4, -0.2) is 14.2 Å². The van der Waals surface area contributed by atoms with Crippen molar-refractivity contribution < 1.29 is 12.8 Å². The highest BCUT2D eigenvalue weighted by molar-refractivity contribution is 7.95. The van der Waals surface area contributed by atoms with E-state index in [1.807, 2.05) is 6.07 Å². The van der Waals surface area contributed by atoms with Gasteiger partial charge in [0.05, 0.1) is 28.2 Å². The predicted octanol–water partition coefficient (Wildman–Crippen LogP) is 3.15. The van der Waals surface area contributed by atoms with Gasteiger partial charge in [0.1, 0.15) is 11.6 Å². The second kappa shape index (κ2) is 6.25. The van der Waals surface area contributed by atoms with Gasteiger partial charge in [-0.15, -0.1) is 0 Å². The third-order valence-corrected chi connectivity index (χ3v) is 6.79. The topological polar surface area (TPSA) is 87.2 Å². The lowest BCUT2D eigenvalue weighted by Gasteiger charge is -2.35. The SMILES string of the molecule is N#CC1=C(N)N(c2ccc(F)cc2)C2=C(C1c1ccccc1)S(=O)(=O)CC2. The van der Waals surface area contributed by atoms with Crippen LogP contribution in [0.2, 0.25) is 0 Å². The van der Waals surface area contributed by atoms with E-state index < -0.39 is 21.6 Å². The number of hydrogen-bond donors (Lipinski definition) is 1. The maximum Gasteiger partial charge on any atom is 0.177 e. The second-order valence-corrected chi connectivity index (χ2v) is 8.52. The van der Waals surface area contributed by atoms with Crippen LogP contribution in [0.25, 0.3) is 0 Å². The molecule has 2 aromatic carbocycles. The molecular formula is C20H16FN3O2S. The van der Waals surface area contributed by atoms with Crippen molar-refractivity contribution in [3.05, 3.63) is 88.0 Å². The molecule has 2 heterocycles. The van der Waals surface area contributed by atoms with Crippen molar-refractivity contribution >= 4 is 15.5 Å². The molecule has 2 aliphatic rings. The van der Waals surface area contributed by atoms with Crippen molar-refractivity contribution in [2.24, 2.45) is 5.73 Å². The van der Waals surface area contributed by atoms with Crippen LogP contribution in [0.3, 0.4) is 0 Å². The Morgan fingerprint density at radius 2 is 1.78 bits per heavy atom. The summed E-state index contributed by atoms with van der Waals surface area (Å²) in [5.74, 6) is -0.997. The third kappa shape index (κ3) is 2.69. The quantitative estimate of drug-likeness (QED) is 0.863. The zero-order valence-corrected chi connectivity index (χ0v) is 15.1. The van der Waals surface area contributed by atoms with E-state index in [9.17, 15) is 18.1 Å². The Morgan fingerprint density at radius 3 is 2.41 bits per heavy atom. The highest BCUT2D eigenvalue weighted by Crippen LogP contribution is 2.48. The summed E-state index contributed by atoms with van der Waals surface area (Å²) < 4.78 is 39.1. The number of nitriles is 1. The first-order valence-electron chi connectivity index (χ1n) is 8.40. The van der Waals surface area contributed by atoms with E-state index in [0.29, 0.717) is 16.9 Å². The predicted molar refractivity (Wildman–Crippen MR) is 100 cm³/mol. The smallest absolute Gasteiger partial charge is 0.177 e. The Morgan fingerprint density at radius 1 is 1.11 bits per heavy atom. The summed E-state index contributed by atoms with van der Waals surface area (Å²) in [4.78, 5) is 1.78. The zero-order chi connectivity index (χ0) is 19.2. The van der Waals surface area contributed by atoms with Gasteiger partial charge in [-0.2, -0.15) is 5.26 Å². The Labute approximate surface area is 156 Å². The van der Waals surface area contributed by atoms with E-state index in [-0.39, 0.29) is 28.5 Å². The summed E-state index contributed by atoms with van der Waals surface area (Å²) in [7, 11) is -3.54. The number of nitrogens with two attached hydrogens (primary N) is 1. The highest BCUT2D eigenvalue weighted by atomic mass is 32.2. The van der Waals surface area contributed by atoms with Crippen LogP contribution in [0.4, 0.5) is 10.1 Å². The van der Waals surface area contributed by atoms with Gasteiger partial charge in [-0.25, -0.2) is 12.8 Å². The summed E-state index contributed by atoms with van der Waals surface area (Å²) in [6, 6.07) is 16.7. The first kappa shape index (κ1) is 17.3. The van der Waals surface area contributed by atoms with Crippen LogP contribution in [0, 0.1) is 17.1 Å². The van der Waals surface area contributed by atoms with Gasteiger partial charge < -0.3 is 5.73 Å². The molecule has 0 amide bonds. The number of sulfone groups is 1. The molecule has 27 heavy (non-hydrogen) atoms. The van der Waals surface area contributed by atoms with Crippen LogP contribution in [0.5, 0.6) is 0 Å². The zero-order valence-electron chi connectivity index (χ0n) is 14.3. The van der Waals surface area contributed by atoms with Gasteiger partial charge in [-0.1, -0.05) is 30.3 Å². The minimum Gasteiger partial charge on any atom is -0.384 e. The first-order chi connectivity index (χ1) is 12.9. The van der Waals surface area contributed by atoms with Crippen LogP contribution < -0.4 is 10.6 Å². The number of rotatable bonds is 2. The lowest BCUT2D eigenvalue weighted by Crippen LogP contribution is -2.34. The largest absolute Gasteiger partial charge is 0.384 e. The van der Waals surface area contributed by atoms with Crippen molar-refractivity contribution in [1.29, 1.82) is 5.26 Å². The van der Waals surface area contributed by atoms with Crippen molar-refractivity contribution in [2.75, 3.05) is 10.7 Å². The molecule has 136 valence electrons. The van der Waals surface area contributed by atoms with Crippen molar-refractivity contribution in [2.45, 2.75) is 12.3 Å². The molecule has 4 rings (SSSR count). The number of benzene rings is 2. The Hall–Kier alpha value is -3.11. The Balaban J connectivity index is 1.99. The van der Waals surface area contributed by atoms with Crippen LogP contribution in [0.1, 0.15) is 17.9 Å². The molecule has 2 aromatic rings. The molecule has 0 aromatic heterocycles. The Bertz CT molecular complexity index is 1110. The summed E-state index contributed by atoms with van der Waals surface area (Å²) in [6.45, 7) is 0. The van der Waals surface area contributed by atoms with E-state index in [0.717, 1.165) is 0 Å². The van der Waals surface area contributed by atoms with Crippen molar-refractivity contribution in [3.8, 4) is 6.07 Å². The average molecular weight is 381 g/mol. The summed E-state index contributed by atoms with van der Waals surface area (Å²) in [6.07, 6.45) is 0.289. The van der Waals surface area contributed by atoms with Gasteiger partial charge in [0, 0.05) is 17.8 Å². The van der Waals surface area contributed by atoms with Gasteiger partial charge in [0.25, 0.3) is 0 Å². The number of halogens is 1. The first-order valence-corrected chi connectivity index (χ1v) is 10.1. The average Bonchev–Trinajstić information content (AvgIpc) is 2.97. The van der Waals surface area contributed by atoms with Crippen LogP contribution in [-0.2, 0) is 9.84 Å². The van der Waals surface area contributed by atoms with Gasteiger partial charge >= 0.3 is 0 Å². The molecule has 1 atom stereocenters. The molecule has 0 bridgehead atoms. The van der Waals surface area contributed by atoms with E-state index in [4.69, 9.17) is 5.73 Å². The molecular weight excluding hydrogens is 365 g/mol. The van der Waals surface area contributed by atoms with Gasteiger partial charge in [-0.3, -0.25) is 4.90 Å². The van der Waals surface area contributed by atoms with Crippen LogP contribution >= 0.6 is 0 Å². The molecule has 0 aliphatic carbocycles. The number of allylic oxidation sites excluding steroid dienone is 3. The minimum atomic E-state index is -3.54. The van der Waals surface area contributed by atoms with Crippen LogP contribution in [0.15, 0.2) is 76.6 Å². The van der Waals surface area contributed by atoms with Gasteiger partial charge in [0.15, 0.2) is 9.84 Å². The van der Waals surface area contributed by atoms with Gasteiger partial charge in [0.2, 0.25) is 0 Å². The maximum atomic E-state index is 13.3. The van der Waals surface area contributed by atoms with Crippen molar-refractivity contribution in [3.63, 3.8) is 0 Å². The number of hydrogen-bond acceptors (Lipinski definition) is 5. The lowest BCUT2D eigenvalue weighted by atomic mass is 9.87. The van der Waals surface area contributed by atoms with Gasteiger partial charge in [-0.05, 0) is 29.8 Å². The molecule has 5 nitrogen and oxygen atoms in total. The Kier molecular flexibility index (Phi) is 4.01. The fourth-order valence-electron chi connectivity index (χ4n) is 3.73. The van der Waals surface area contributed by atoms with E-state index in [1.165, 1.54) is 24.3 Å². The normalized spacial score (nSPS) is 21.2. The second-order valence-electron chi connectivity index (χ2n) is 6.45. The molecule has 7 heteroatoms. The van der Waals surface area contributed by atoms with Crippen molar-refractivity contribution in [1.82, 2.24) is 0 Å². The molecule has 2 N–H and O–H groups in total. The molecule has 0 radical (unpaired) electrons. The number of nitrogens with zero attached hydrogens (tertiary/aromatic N) is 2. The highest BCUT2D eigenvalue weighted by Gasteiger charge is 2.45. The minimum absolute atomic E-state index is 0.0370. The standard InChI is InChI=1S/C20H16FN3O2S/c21-14-6-8-15(9-7-14)24-17-10-11-27(25,26)19(17)18(16(12-22)20(24)23)13-4-2-1-3-5-13/h1-9,18H,10-11,23H2.